The first-order chi connectivity index (χ1) is 4.31. The van der Waals surface area contributed by atoms with Crippen LogP contribution in [0.4, 0.5) is 0 Å². The van der Waals surface area contributed by atoms with E-state index in [0.29, 0.717) is 11.8 Å². The number of hydrogen-bond acceptors (Lipinski definition) is 0. The third-order valence-electron chi connectivity index (χ3n) is 0.851. The second-order valence-corrected chi connectivity index (χ2v) is 2.29. The minimum absolute atomic E-state index is 0.534. The van der Waals surface area contributed by atoms with E-state index < -0.39 is 0 Å². The number of rotatable bonds is 4. The van der Waals surface area contributed by atoms with Gasteiger partial charge in [0.05, 0.1) is 0 Å². The average Bonchev–Trinajstić information content (AvgIpc) is 1.89. The van der Waals surface area contributed by atoms with E-state index in [4.69, 9.17) is 23.2 Å². The Balaban J connectivity index is 3.26. The smallest absolute Gasteiger partial charge is 0.0433 e. The fourth-order valence-electron chi connectivity index (χ4n) is 0.368. The first-order valence-electron chi connectivity index (χ1n) is 2.75. The molecule has 0 nitrogen and oxygen atoms in total. The number of alkyl halides is 2. The molecular weight excluding hydrogens is 155 g/mol. The molecule has 9 heavy (non-hydrogen) atoms. The number of allylic oxidation sites excluding steroid dienone is 3. The van der Waals surface area contributed by atoms with Crippen LogP contribution in [0.2, 0.25) is 0 Å². The summed E-state index contributed by atoms with van der Waals surface area (Å²) >= 11 is 10.8. The summed E-state index contributed by atoms with van der Waals surface area (Å²) in [7, 11) is 0. The summed E-state index contributed by atoms with van der Waals surface area (Å²) in [5.41, 5.74) is 1.03. The predicted molar refractivity (Wildman–Crippen MR) is 44.3 cm³/mol. The van der Waals surface area contributed by atoms with Crippen molar-refractivity contribution in [1.29, 1.82) is 0 Å². The lowest BCUT2D eigenvalue weighted by molar-refractivity contribution is 1.23. The van der Waals surface area contributed by atoms with Gasteiger partial charge in [-0.3, -0.25) is 0 Å². The molecule has 2 heteroatoms. The molecule has 52 valence electrons. The van der Waals surface area contributed by atoms with Gasteiger partial charge in [0.2, 0.25) is 0 Å². The summed E-state index contributed by atoms with van der Waals surface area (Å²) in [6.45, 7) is 3.72. The van der Waals surface area contributed by atoms with E-state index in [9.17, 15) is 0 Å². The van der Waals surface area contributed by atoms with Gasteiger partial charge in [-0.2, -0.15) is 0 Å². The van der Waals surface area contributed by atoms with Crippen LogP contribution in [-0.2, 0) is 0 Å². The maximum Gasteiger partial charge on any atom is 0.0433 e. The summed E-state index contributed by atoms with van der Waals surface area (Å²) < 4.78 is 0. The van der Waals surface area contributed by atoms with Gasteiger partial charge in [0.1, 0.15) is 0 Å². The van der Waals surface area contributed by atoms with Gasteiger partial charge in [0.25, 0.3) is 0 Å². The maximum absolute atomic E-state index is 5.46. The molecule has 0 spiro atoms. The molecule has 0 fully saturated rings. The molecule has 0 aromatic heterocycles. The lowest BCUT2D eigenvalue weighted by atomic mass is 10.2. The van der Waals surface area contributed by atoms with Crippen LogP contribution in [0.15, 0.2) is 24.3 Å². The molecular formula is C7H10Cl2. The normalized spacial score (nSPS) is 10.4. The van der Waals surface area contributed by atoms with Crippen molar-refractivity contribution in [3.05, 3.63) is 24.3 Å². The molecule has 0 radical (unpaired) electrons. The van der Waals surface area contributed by atoms with Crippen LogP contribution in [0.5, 0.6) is 0 Å². The molecule has 0 amide bonds. The molecule has 0 saturated heterocycles. The first-order valence-corrected chi connectivity index (χ1v) is 3.81. The standard InChI is InChI=1S/C7H10Cl2/c1-7(6-9)4-2-3-5-8/h2-3H,1,4-6H2. The van der Waals surface area contributed by atoms with Gasteiger partial charge in [-0.1, -0.05) is 24.3 Å². The van der Waals surface area contributed by atoms with Crippen LogP contribution in [0.25, 0.3) is 0 Å². The molecule has 0 aromatic rings. The van der Waals surface area contributed by atoms with E-state index in [-0.39, 0.29) is 0 Å². The molecule has 0 unspecified atom stereocenters. The highest BCUT2D eigenvalue weighted by atomic mass is 35.5. The Hall–Kier alpha value is 0.0600. The van der Waals surface area contributed by atoms with E-state index in [0.717, 1.165) is 12.0 Å². The fourth-order valence-corrected chi connectivity index (χ4v) is 0.603. The summed E-state index contributed by atoms with van der Waals surface area (Å²) in [4.78, 5) is 0. The van der Waals surface area contributed by atoms with Crippen LogP contribution in [-0.4, -0.2) is 11.8 Å². The summed E-state index contributed by atoms with van der Waals surface area (Å²) in [6, 6.07) is 0. The largest absolute Gasteiger partial charge is 0.122 e. The Morgan fingerprint density at radius 1 is 1.33 bits per heavy atom. The Morgan fingerprint density at radius 2 is 2.00 bits per heavy atom. The first kappa shape index (κ1) is 9.06. The Labute approximate surface area is 66.2 Å². The minimum Gasteiger partial charge on any atom is -0.122 e. The van der Waals surface area contributed by atoms with Crippen LogP contribution >= 0.6 is 23.2 Å². The van der Waals surface area contributed by atoms with E-state index in [1.165, 1.54) is 0 Å². The topological polar surface area (TPSA) is 0 Å². The van der Waals surface area contributed by atoms with E-state index in [1.54, 1.807) is 0 Å². The van der Waals surface area contributed by atoms with Crippen LogP contribution in [0, 0.1) is 0 Å². The maximum atomic E-state index is 5.46. The van der Waals surface area contributed by atoms with Gasteiger partial charge in [-0.25, -0.2) is 0 Å². The lowest BCUT2D eigenvalue weighted by Crippen LogP contribution is -1.77. The Kier molecular flexibility index (Phi) is 6.23. The number of halogens is 2. The van der Waals surface area contributed by atoms with E-state index in [2.05, 4.69) is 6.58 Å². The number of hydrogen-bond donors (Lipinski definition) is 0. The van der Waals surface area contributed by atoms with Crippen molar-refractivity contribution in [1.82, 2.24) is 0 Å². The molecule has 0 bridgehead atoms. The van der Waals surface area contributed by atoms with Gasteiger partial charge in [0, 0.05) is 11.8 Å². The zero-order valence-electron chi connectivity index (χ0n) is 5.24. The average molecular weight is 165 g/mol. The van der Waals surface area contributed by atoms with Crippen molar-refractivity contribution in [3.8, 4) is 0 Å². The molecule has 0 aliphatic carbocycles. The predicted octanol–water partition coefficient (Wildman–Crippen LogP) is 2.97. The highest BCUT2D eigenvalue weighted by Crippen LogP contribution is 2.00. The summed E-state index contributed by atoms with van der Waals surface area (Å²) in [6.07, 6.45) is 4.70. The third kappa shape index (κ3) is 5.94. The highest BCUT2D eigenvalue weighted by molar-refractivity contribution is 6.19. The van der Waals surface area contributed by atoms with Crippen molar-refractivity contribution < 1.29 is 0 Å². The second kappa shape index (κ2) is 6.18. The Bertz CT molecular complexity index is 105. The van der Waals surface area contributed by atoms with Gasteiger partial charge in [-0.15, -0.1) is 23.2 Å². The Morgan fingerprint density at radius 3 is 2.44 bits per heavy atom. The third-order valence-corrected chi connectivity index (χ3v) is 1.41. The van der Waals surface area contributed by atoms with Gasteiger partial charge >= 0.3 is 0 Å². The van der Waals surface area contributed by atoms with Gasteiger partial charge in [0.15, 0.2) is 0 Å². The molecule has 0 aliphatic rings. The van der Waals surface area contributed by atoms with Gasteiger partial charge < -0.3 is 0 Å². The van der Waals surface area contributed by atoms with Crippen LogP contribution in [0.3, 0.4) is 0 Å². The molecule has 0 heterocycles. The quantitative estimate of drug-likeness (QED) is 0.443. The molecule has 0 rings (SSSR count). The van der Waals surface area contributed by atoms with E-state index >= 15 is 0 Å². The fraction of sp³-hybridized carbons (Fsp3) is 0.429. The summed E-state index contributed by atoms with van der Waals surface area (Å²) in [5, 5.41) is 0. The molecule has 0 N–H and O–H groups in total. The SMILES string of the molecule is C=C(CCl)CC=CCCl. The van der Waals surface area contributed by atoms with Gasteiger partial charge in [-0.05, 0) is 6.42 Å². The van der Waals surface area contributed by atoms with E-state index in [1.807, 2.05) is 12.2 Å². The molecule has 0 saturated carbocycles. The van der Waals surface area contributed by atoms with Crippen molar-refractivity contribution in [2.75, 3.05) is 11.8 Å². The zero-order valence-corrected chi connectivity index (χ0v) is 6.75. The monoisotopic (exact) mass is 164 g/mol. The molecule has 0 aliphatic heterocycles. The minimum atomic E-state index is 0.534. The van der Waals surface area contributed by atoms with Crippen LogP contribution < -0.4 is 0 Å². The molecule has 0 aromatic carbocycles. The molecule has 0 atom stereocenters. The van der Waals surface area contributed by atoms with Crippen molar-refractivity contribution in [3.63, 3.8) is 0 Å². The van der Waals surface area contributed by atoms with Crippen LogP contribution in [0.1, 0.15) is 6.42 Å². The zero-order chi connectivity index (χ0) is 7.11. The van der Waals surface area contributed by atoms with Crippen molar-refractivity contribution in [2.45, 2.75) is 6.42 Å². The lowest BCUT2D eigenvalue weighted by Gasteiger charge is -1.91. The summed E-state index contributed by atoms with van der Waals surface area (Å²) in [5.74, 6) is 1.10. The van der Waals surface area contributed by atoms with Crippen molar-refractivity contribution in [2.24, 2.45) is 0 Å². The second-order valence-electron chi connectivity index (χ2n) is 1.71. The highest BCUT2D eigenvalue weighted by Gasteiger charge is 1.84. The van der Waals surface area contributed by atoms with Crippen molar-refractivity contribution >= 4 is 23.2 Å².